The SMILES string of the molecule is CC/C=C\C/C=C\C/C=C\C/C=C\C/C=C\C/C=C\C/C=C\C/C=C\CCCCC(=O)OCC(COC(=O)CCCC/C=C\C/C=C\C/C=C\C/C=C\CC)OC(=O)CCCCCCCCC/C=C\C/C=C\C/C=C\C/C=C\C/C=C\CC. The monoisotopic (exact) mass is 1140 g/mol. The number of unbranched alkanes of at least 4 members (excludes halogenated alkanes) is 11. The normalized spacial score (nSPS) is 13.5. The van der Waals surface area contributed by atoms with Gasteiger partial charge >= 0.3 is 17.9 Å². The van der Waals surface area contributed by atoms with E-state index < -0.39 is 6.10 Å². The second kappa shape index (κ2) is 68.5. The van der Waals surface area contributed by atoms with E-state index in [2.05, 4.69) is 227 Å². The highest BCUT2D eigenvalue weighted by Gasteiger charge is 2.19. The number of ether oxygens (including phenoxy) is 3. The molecular weight excluding hydrogens is 1020 g/mol. The lowest BCUT2D eigenvalue weighted by Gasteiger charge is -2.18. The third kappa shape index (κ3) is 66.7. The van der Waals surface area contributed by atoms with Crippen LogP contribution in [0.5, 0.6) is 0 Å². The number of rotatable bonds is 56. The summed E-state index contributed by atoms with van der Waals surface area (Å²) in [6, 6.07) is 0. The molecule has 460 valence electrons. The first-order chi connectivity index (χ1) is 41.0. The van der Waals surface area contributed by atoms with Gasteiger partial charge in [-0.05, 0) is 167 Å². The number of hydrogen-bond acceptors (Lipinski definition) is 6. The highest BCUT2D eigenvalue weighted by Crippen LogP contribution is 2.13. The molecule has 0 saturated heterocycles. The van der Waals surface area contributed by atoms with Gasteiger partial charge in [0.1, 0.15) is 13.2 Å². The first kappa shape index (κ1) is 77.0. The van der Waals surface area contributed by atoms with Crippen molar-refractivity contribution in [1.82, 2.24) is 0 Å². The fraction of sp³-hybridized carbons (Fsp3) is 0.519. The maximum absolute atomic E-state index is 12.9. The lowest BCUT2D eigenvalue weighted by molar-refractivity contribution is -0.167. The molecule has 0 heterocycles. The van der Waals surface area contributed by atoms with Gasteiger partial charge in [-0.2, -0.15) is 0 Å². The molecule has 0 aromatic rings. The molecule has 0 aliphatic carbocycles. The molecule has 0 N–H and O–H groups in total. The minimum atomic E-state index is -0.835. The molecule has 0 bridgehead atoms. The molecule has 0 rings (SSSR count). The van der Waals surface area contributed by atoms with E-state index in [1.807, 2.05) is 0 Å². The van der Waals surface area contributed by atoms with Gasteiger partial charge in [0.05, 0.1) is 0 Å². The average Bonchev–Trinajstić information content (AvgIpc) is 3.49. The predicted molar refractivity (Wildman–Crippen MR) is 361 cm³/mol. The summed E-state index contributed by atoms with van der Waals surface area (Å²) in [5.41, 5.74) is 0. The van der Waals surface area contributed by atoms with Crippen molar-refractivity contribution in [3.8, 4) is 0 Å². The lowest BCUT2D eigenvalue weighted by atomic mass is 10.1. The van der Waals surface area contributed by atoms with E-state index in [4.69, 9.17) is 14.2 Å². The fourth-order valence-electron chi connectivity index (χ4n) is 8.00. The van der Waals surface area contributed by atoms with E-state index in [9.17, 15) is 14.4 Å². The summed E-state index contributed by atoms with van der Waals surface area (Å²) in [4.78, 5) is 38.4. The van der Waals surface area contributed by atoms with Crippen molar-refractivity contribution in [3.63, 3.8) is 0 Å². The molecule has 0 aromatic heterocycles. The maximum atomic E-state index is 12.9. The van der Waals surface area contributed by atoms with Crippen LogP contribution in [0.3, 0.4) is 0 Å². The lowest BCUT2D eigenvalue weighted by Crippen LogP contribution is -2.30. The topological polar surface area (TPSA) is 78.9 Å². The summed E-state index contributed by atoms with van der Waals surface area (Å²) in [5, 5.41) is 0. The van der Waals surface area contributed by atoms with Crippen LogP contribution in [-0.4, -0.2) is 37.2 Å². The summed E-state index contributed by atoms with van der Waals surface area (Å²) >= 11 is 0. The summed E-state index contributed by atoms with van der Waals surface area (Å²) in [7, 11) is 0. The molecule has 1 unspecified atom stereocenters. The van der Waals surface area contributed by atoms with E-state index in [1.165, 1.54) is 19.3 Å². The number of esters is 3. The Hall–Kier alpha value is -6.01. The van der Waals surface area contributed by atoms with Gasteiger partial charge in [0.25, 0.3) is 0 Å². The Morgan fingerprint density at radius 2 is 0.434 bits per heavy atom. The molecule has 1 atom stereocenters. The molecule has 0 amide bonds. The van der Waals surface area contributed by atoms with Gasteiger partial charge in [0, 0.05) is 19.3 Å². The molecule has 0 spiro atoms. The Morgan fingerprint density at radius 1 is 0.241 bits per heavy atom. The van der Waals surface area contributed by atoms with Crippen LogP contribution in [0.4, 0.5) is 0 Å². The first-order valence-electron chi connectivity index (χ1n) is 32.6. The van der Waals surface area contributed by atoms with Crippen LogP contribution in [0, 0.1) is 0 Å². The number of allylic oxidation sites excluding steroid dienone is 34. The quantitative estimate of drug-likeness (QED) is 0.0261. The van der Waals surface area contributed by atoms with Crippen LogP contribution in [0.15, 0.2) is 207 Å². The highest BCUT2D eigenvalue weighted by atomic mass is 16.6. The Bertz CT molecular complexity index is 2030. The summed E-state index contributed by atoms with van der Waals surface area (Å²) in [6.45, 7) is 6.20. The molecular formula is C77H116O6. The first-order valence-corrected chi connectivity index (χ1v) is 32.6. The van der Waals surface area contributed by atoms with Gasteiger partial charge in [0.2, 0.25) is 0 Å². The third-order valence-corrected chi connectivity index (χ3v) is 12.8. The van der Waals surface area contributed by atoms with Crippen LogP contribution < -0.4 is 0 Å². The Labute approximate surface area is 509 Å². The van der Waals surface area contributed by atoms with Crippen molar-refractivity contribution in [2.45, 2.75) is 245 Å². The molecule has 6 nitrogen and oxygen atoms in total. The molecule has 0 fully saturated rings. The van der Waals surface area contributed by atoms with Gasteiger partial charge in [-0.3, -0.25) is 14.4 Å². The summed E-state index contributed by atoms with van der Waals surface area (Å²) in [5.74, 6) is -1.03. The molecule has 0 aromatic carbocycles. The second-order valence-electron chi connectivity index (χ2n) is 20.5. The molecule has 6 heteroatoms. The van der Waals surface area contributed by atoms with Crippen molar-refractivity contribution in [2.24, 2.45) is 0 Å². The number of hydrogen-bond donors (Lipinski definition) is 0. The van der Waals surface area contributed by atoms with Crippen LogP contribution in [0.1, 0.15) is 239 Å². The highest BCUT2D eigenvalue weighted by molar-refractivity contribution is 5.71. The zero-order chi connectivity index (χ0) is 59.9. The largest absolute Gasteiger partial charge is 0.462 e. The van der Waals surface area contributed by atoms with E-state index in [0.717, 1.165) is 167 Å². The van der Waals surface area contributed by atoms with E-state index in [1.54, 1.807) is 0 Å². The Morgan fingerprint density at radius 3 is 0.699 bits per heavy atom. The number of carbonyl (C=O) groups is 3. The van der Waals surface area contributed by atoms with Crippen molar-refractivity contribution in [2.75, 3.05) is 13.2 Å². The van der Waals surface area contributed by atoms with Crippen LogP contribution in [-0.2, 0) is 28.6 Å². The maximum Gasteiger partial charge on any atom is 0.306 e. The van der Waals surface area contributed by atoms with Crippen molar-refractivity contribution in [3.05, 3.63) is 207 Å². The van der Waals surface area contributed by atoms with Gasteiger partial charge < -0.3 is 14.2 Å². The third-order valence-electron chi connectivity index (χ3n) is 12.8. The molecule has 0 aliphatic rings. The molecule has 0 aliphatic heterocycles. The van der Waals surface area contributed by atoms with Crippen LogP contribution in [0.2, 0.25) is 0 Å². The number of carbonyl (C=O) groups excluding carboxylic acids is 3. The smallest absolute Gasteiger partial charge is 0.306 e. The van der Waals surface area contributed by atoms with E-state index in [0.29, 0.717) is 12.8 Å². The predicted octanol–water partition coefficient (Wildman–Crippen LogP) is 22.8. The van der Waals surface area contributed by atoms with Gasteiger partial charge in [-0.1, -0.05) is 259 Å². The average molecular weight is 1140 g/mol. The second-order valence-corrected chi connectivity index (χ2v) is 20.5. The summed E-state index contributed by atoms with van der Waals surface area (Å²) < 4.78 is 16.8. The fourth-order valence-corrected chi connectivity index (χ4v) is 8.00. The van der Waals surface area contributed by atoms with Crippen molar-refractivity contribution < 1.29 is 28.6 Å². The zero-order valence-electron chi connectivity index (χ0n) is 52.6. The summed E-state index contributed by atoms with van der Waals surface area (Å²) in [6.07, 6.45) is 105. The standard InChI is InChI=1S/C77H116O6/c1-4-7-10-13-16-19-22-25-28-30-32-34-36-37-38-39-41-42-44-46-49-52-55-58-61-64-67-70-76(79)82-73-74(72-81-75(78)69-66-63-60-57-54-51-48-27-24-21-18-15-12-9-6-3)83-77(80)71-68-65-62-59-56-53-50-47-45-43-40-35-33-31-29-26-23-20-17-14-11-8-5-2/h7-12,16-21,25-29,32-35,37-38,41-43,45-46,48-49,54-55,57-58,74H,4-6,13-15,22-24,30-31,36,39-40,44,47,50-53,56,59-73H2,1-3H3/b10-7-,11-8-,12-9-,19-16-,20-17-,21-18-,28-25-,29-26-,34-32-,35-33-,38-37-,42-41-,45-43-,48-27-,49-46-,57-54-,58-55-. The molecule has 0 saturated carbocycles. The van der Waals surface area contributed by atoms with E-state index >= 15 is 0 Å². The Balaban J connectivity index is 4.56. The van der Waals surface area contributed by atoms with Crippen LogP contribution in [0.25, 0.3) is 0 Å². The molecule has 83 heavy (non-hydrogen) atoms. The van der Waals surface area contributed by atoms with Crippen molar-refractivity contribution >= 4 is 17.9 Å². The van der Waals surface area contributed by atoms with Crippen LogP contribution >= 0.6 is 0 Å². The minimum Gasteiger partial charge on any atom is -0.462 e. The van der Waals surface area contributed by atoms with Gasteiger partial charge in [-0.15, -0.1) is 0 Å². The minimum absolute atomic E-state index is 0.130. The Kier molecular flexibility index (Phi) is 63.5. The van der Waals surface area contributed by atoms with Gasteiger partial charge in [-0.25, -0.2) is 0 Å². The zero-order valence-corrected chi connectivity index (χ0v) is 52.6. The van der Waals surface area contributed by atoms with Gasteiger partial charge in [0.15, 0.2) is 6.10 Å². The molecule has 0 radical (unpaired) electrons. The van der Waals surface area contributed by atoms with E-state index in [-0.39, 0.29) is 50.4 Å². The van der Waals surface area contributed by atoms with Crippen molar-refractivity contribution in [1.29, 1.82) is 0 Å².